The van der Waals surface area contributed by atoms with E-state index in [1.54, 1.807) is 13.1 Å². The molecule has 0 fully saturated rings. The average Bonchev–Trinajstić information content (AvgIpc) is 2.73. The fourth-order valence-corrected chi connectivity index (χ4v) is 1.37. The highest BCUT2D eigenvalue weighted by Gasteiger charge is 2.01. The van der Waals surface area contributed by atoms with Gasteiger partial charge in [0, 0.05) is 24.4 Å². The Bertz CT molecular complexity index is 453. The van der Waals surface area contributed by atoms with Crippen molar-refractivity contribution in [2.75, 3.05) is 4.84 Å². The monoisotopic (exact) mass is 238 g/mol. The molecule has 0 atom stereocenters. The van der Waals surface area contributed by atoms with Crippen LogP contribution in [0.5, 0.6) is 5.75 Å². The maximum absolute atomic E-state index is 5.50. The van der Waals surface area contributed by atoms with Gasteiger partial charge in [-0.2, -0.15) is 0 Å². The summed E-state index contributed by atoms with van der Waals surface area (Å²) in [5, 5.41) is 0. The van der Waals surface area contributed by atoms with Crippen molar-refractivity contribution < 1.29 is 9.15 Å². The van der Waals surface area contributed by atoms with E-state index in [-0.39, 0.29) is 0 Å². The van der Waals surface area contributed by atoms with E-state index < -0.39 is 0 Å². The van der Waals surface area contributed by atoms with Crippen molar-refractivity contribution in [2.45, 2.75) is 13.5 Å². The molecule has 84 valence electrons. The SMILES string of the molecule is Cc1ncc(COc2ccc(NCl)cc2)o1. The van der Waals surface area contributed by atoms with Crippen LogP contribution in [0.1, 0.15) is 11.7 Å². The summed E-state index contributed by atoms with van der Waals surface area (Å²) in [6, 6.07) is 7.31. The Balaban J connectivity index is 1.94. The van der Waals surface area contributed by atoms with E-state index in [1.807, 2.05) is 24.3 Å². The number of hydrogen-bond acceptors (Lipinski definition) is 4. The van der Waals surface area contributed by atoms with Crippen molar-refractivity contribution >= 4 is 17.5 Å². The highest BCUT2D eigenvalue weighted by Crippen LogP contribution is 2.17. The van der Waals surface area contributed by atoms with Gasteiger partial charge in [-0.15, -0.1) is 0 Å². The maximum Gasteiger partial charge on any atom is 0.191 e. The number of halogens is 1. The van der Waals surface area contributed by atoms with Gasteiger partial charge in [0.05, 0.1) is 6.20 Å². The number of benzene rings is 1. The van der Waals surface area contributed by atoms with Gasteiger partial charge < -0.3 is 9.15 Å². The predicted molar refractivity (Wildman–Crippen MR) is 61.5 cm³/mol. The molecule has 0 aliphatic rings. The second-order valence-corrected chi connectivity index (χ2v) is 3.44. The molecule has 1 N–H and O–H groups in total. The van der Waals surface area contributed by atoms with Crippen LogP contribution < -0.4 is 9.57 Å². The Morgan fingerprint density at radius 2 is 2.12 bits per heavy atom. The van der Waals surface area contributed by atoms with Crippen molar-refractivity contribution in [3.8, 4) is 5.75 Å². The molecule has 0 unspecified atom stereocenters. The molecule has 1 aromatic heterocycles. The van der Waals surface area contributed by atoms with Crippen molar-refractivity contribution in [1.29, 1.82) is 0 Å². The first-order chi connectivity index (χ1) is 7.78. The third-order valence-corrected chi connectivity index (χ3v) is 2.23. The third kappa shape index (κ3) is 2.67. The predicted octanol–water partition coefficient (Wildman–Crippen LogP) is 3.13. The maximum atomic E-state index is 5.50. The normalized spacial score (nSPS) is 10.1. The standard InChI is InChI=1S/C11H11ClN2O2/c1-8-13-6-11(16-8)7-15-10-4-2-9(14-12)3-5-10/h2-6,14H,7H2,1H3. The van der Waals surface area contributed by atoms with Crippen LogP contribution in [0.2, 0.25) is 0 Å². The van der Waals surface area contributed by atoms with Gasteiger partial charge in [-0.05, 0) is 24.3 Å². The Labute approximate surface area is 98.3 Å². The lowest BCUT2D eigenvalue weighted by atomic mass is 10.3. The van der Waals surface area contributed by atoms with Crippen LogP contribution in [0.3, 0.4) is 0 Å². The quantitative estimate of drug-likeness (QED) is 0.832. The van der Waals surface area contributed by atoms with Crippen molar-refractivity contribution in [1.82, 2.24) is 4.98 Å². The smallest absolute Gasteiger partial charge is 0.191 e. The first-order valence-corrected chi connectivity index (χ1v) is 5.16. The summed E-state index contributed by atoms with van der Waals surface area (Å²) in [4.78, 5) is 6.50. The van der Waals surface area contributed by atoms with Crippen LogP contribution in [-0.4, -0.2) is 4.98 Å². The number of nitrogens with zero attached hydrogens (tertiary/aromatic N) is 1. The van der Waals surface area contributed by atoms with Gasteiger partial charge in [-0.25, -0.2) is 4.98 Å². The molecule has 0 radical (unpaired) electrons. The lowest BCUT2D eigenvalue weighted by Gasteiger charge is -2.04. The van der Waals surface area contributed by atoms with Crippen molar-refractivity contribution in [3.63, 3.8) is 0 Å². The molecule has 0 aliphatic heterocycles. The van der Waals surface area contributed by atoms with E-state index in [9.17, 15) is 0 Å². The zero-order valence-corrected chi connectivity index (χ0v) is 9.49. The zero-order valence-electron chi connectivity index (χ0n) is 8.74. The number of aryl methyl sites for hydroxylation is 1. The Morgan fingerprint density at radius 3 is 2.69 bits per heavy atom. The lowest BCUT2D eigenvalue weighted by Crippen LogP contribution is -1.93. The molecular weight excluding hydrogens is 228 g/mol. The highest BCUT2D eigenvalue weighted by molar-refractivity contribution is 6.23. The average molecular weight is 239 g/mol. The molecule has 2 aromatic rings. The zero-order chi connectivity index (χ0) is 11.4. The topological polar surface area (TPSA) is 47.3 Å². The third-order valence-electron chi connectivity index (χ3n) is 2.01. The molecule has 16 heavy (non-hydrogen) atoms. The fraction of sp³-hybridized carbons (Fsp3) is 0.182. The van der Waals surface area contributed by atoms with Gasteiger partial charge in [0.1, 0.15) is 12.4 Å². The van der Waals surface area contributed by atoms with Gasteiger partial charge in [0.25, 0.3) is 0 Å². The summed E-state index contributed by atoms with van der Waals surface area (Å²) in [7, 11) is 0. The molecular formula is C11H11ClN2O2. The molecule has 0 amide bonds. The first kappa shape index (κ1) is 10.8. The minimum absolute atomic E-state index is 0.370. The lowest BCUT2D eigenvalue weighted by molar-refractivity contribution is 0.267. The summed E-state index contributed by atoms with van der Waals surface area (Å²) in [6.07, 6.45) is 1.66. The largest absolute Gasteiger partial charge is 0.486 e. The summed E-state index contributed by atoms with van der Waals surface area (Å²) >= 11 is 5.44. The molecule has 0 bridgehead atoms. The second-order valence-electron chi connectivity index (χ2n) is 3.25. The van der Waals surface area contributed by atoms with Crippen LogP contribution in [0, 0.1) is 6.92 Å². The van der Waals surface area contributed by atoms with E-state index in [0.717, 1.165) is 11.4 Å². The van der Waals surface area contributed by atoms with E-state index in [4.69, 9.17) is 20.9 Å². The van der Waals surface area contributed by atoms with Gasteiger partial charge in [0.2, 0.25) is 0 Å². The number of hydrogen-bond donors (Lipinski definition) is 1. The summed E-state index contributed by atoms with van der Waals surface area (Å²) in [6.45, 7) is 2.17. The van der Waals surface area contributed by atoms with Crippen molar-refractivity contribution in [2.24, 2.45) is 0 Å². The number of rotatable bonds is 4. The molecule has 1 aromatic carbocycles. The minimum Gasteiger partial charge on any atom is -0.486 e. The molecule has 2 rings (SSSR count). The molecule has 1 heterocycles. The highest BCUT2D eigenvalue weighted by atomic mass is 35.5. The Hall–Kier alpha value is -1.68. The van der Waals surface area contributed by atoms with Crippen LogP contribution in [0.15, 0.2) is 34.9 Å². The minimum atomic E-state index is 0.370. The van der Waals surface area contributed by atoms with Gasteiger partial charge in [0.15, 0.2) is 11.7 Å². The number of anilines is 1. The van der Waals surface area contributed by atoms with Crippen LogP contribution >= 0.6 is 11.8 Å². The van der Waals surface area contributed by atoms with Gasteiger partial charge >= 0.3 is 0 Å². The molecule has 0 saturated carbocycles. The van der Waals surface area contributed by atoms with E-state index in [2.05, 4.69) is 9.82 Å². The first-order valence-electron chi connectivity index (χ1n) is 4.79. The number of oxazole rings is 1. The number of aromatic nitrogens is 1. The van der Waals surface area contributed by atoms with Gasteiger partial charge in [-0.1, -0.05) is 0 Å². The Morgan fingerprint density at radius 1 is 1.38 bits per heavy atom. The molecule has 4 nitrogen and oxygen atoms in total. The Kier molecular flexibility index (Phi) is 3.31. The summed E-state index contributed by atoms with van der Waals surface area (Å²) in [5.41, 5.74) is 0.824. The van der Waals surface area contributed by atoms with E-state index in [1.165, 1.54) is 0 Å². The number of nitrogens with one attached hydrogen (secondary N) is 1. The molecule has 5 heteroatoms. The van der Waals surface area contributed by atoms with Crippen LogP contribution in [0.4, 0.5) is 5.69 Å². The fourth-order valence-electron chi connectivity index (χ4n) is 1.24. The van der Waals surface area contributed by atoms with E-state index >= 15 is 0 Å². The summed E-state index contributed by atoms with van der Waals surface area (Å²) < 4.78 is 10.8. The molecule has 0 aliphatic carbocycles. The van der Waals surface area contributed by atoms with Crippen LogP contribution in [0.25, 0.3) is 0 Å². The molecule has 0 saturated heterocycles. The van der Waals surface area contributed by atoms with Crippen LogP contribution in [-0.2, 0) is 6.61 Å². The molecule has 0 spiro atoms. The second kappa shape index (κ2) is 4.90. The van der Waals surface area contributed by atoms with E-state index in [0.29, 0.717) is 18.3 Å². The van der Waals surface area contributed by atoms with Gasteiger partial charge in [-0.3, -0.25) is 4.84 Å². The number of ether oxygens (including phenoxy) is 1. The van der Waals surface area contributed by atoms with Crippen molar-refractivity contribution in [3.05, 3.63) is 42.1 Å². The summed E-state index contributed by atoms with van der Waals surface area (Å²) in [5.74, 6) is 2.10.